The molecule has 1 aliphatic heterocycles. The lowest BCUT2D eigenvalue weighted by Gasteiger charge is -2.56. The minimum atomic E-state index is 0.0406. The SMILES string of the molecule is O=C(CSc1nnc(-c2ccc3c(c2)OCO3)o1)NC12CC3CC(CC(C3)C1)C2. The minimum absolute atomic E-state index is 0.0406. The van der Waals surface area contributed by atoms with Gasteiger partial charge in [0.2, 0.25) is 18.6 Å². The van der Waals surface area contributed by atoms with Crippen LogP contribution in [-0.2, 0) is 4.79 Å². The van der Waals surface area contributed by atoms with Crippen LogP contribution < -0.4 is 14.8 Å². The normalized spacial score (nSPS) is 31.2. The first-order chi connectivity index (χ1) is 14.1. The molecule has 5 aliphatic rings. The van der Waals surface area contributed by atoms with Gasteiger partial charge in [0, 0.05) is 11.1 Å². The summed E-state index contributed by atoms with van der Waals surface area (Å²) < 4.78 is 16.5. The van der Waals surface area contributed by atoms with Crippen LogP contribution >= 0.6 is 11.8 Å². The molecule has 29 heavy (non-hydrogen) atoms. The molecule has 0 atom stereocenters. The van der Waals surface area contributed by atoms with Crippen molar-refractivity contribution in [3.63, 3.8) is 0 Å². The van der Waals surface area contributed by atoms with Crippen LogP contribution in [0.4, 0.5) is 0 Å². The highest BCUT2D eigenvalue weighted by Gasteiger charge is 2.51. The van der Waals surface area contributed by atoms with Crippen LogP contribution in [0.15, 0.2) is 27.8 Å². The maximum absolute atomic E-state index is 12.7. The lowest BCUT2D eigenvalue weighted by Crippen LogP contribution is -2.60. The van der Waals surface area contributed by atoms with Gasteiger partial charge in [0.25, 0.3) is 5.22 Å². The molecule has 0 spiro atoms. The number of ether oxygens (including phenoxy) is 2. The van der Waals surface area contributed by atoms with Gasteiger partial charge in [-0.2, -0.15) is 0 Å². The summed E-state index contributed by atoms with van der Waals surface area (Å²) in [5, 5.41) is 12.0. The smallest absolute Gasteiger partial charge is 0.277 e. The molecule has 1 aromatic heterocycles. The molecular formula is C21H23N3O4S. The summed E-state index contributed by atoms with van der Waals surface area (Å²) >= 11 is 1.29. The highest BCUT2D eigenvalue weighted by atomic mass is 32.2. The van der Waals surface area contributed by atoms with Crippen molar-refractivity contribution in [1.29, 1.82) is 0 Å². The molecule has 152 valence electrons. The second-order valence-corrected chi connectivity index (χ2v) is 9.90. The van der Waals surface area contributed by atoms with E-state index in [0.29, 0.717) is 28.4 Å². The second kappa shape index (κ2) is 6.65. The fourth-order valence-electron chi connectivity index (χ4n) is 6.14. The summed E-state index contributed by atoms with van der Waals surface area (Å²) in [7, 11) is 0. The number of thioether (sulfide) groups is 1. The summed E-state index contributed by atoms with van der Waals surface area (Å²) in [4.78, 5) is 12.7. The Hall–Kier alpha value is -2.22. The number of benzene rings is 1. The summed E-state index contributed by atoms with van der Waals surface area (Å²) in [5.74, 6) is 4.60. The minimum Gasteiger partial charge on any atom is -0.454 e. The summed E-state index contributed by atoms with van der Waals surface area (Å²) in [5.41, 5.74) is 0.811. The van der Waals surface area contributed by atoms with Crippen molar-refractivity contribution in [1.82, 2.24) is 15.5 Å². The third-order valence-corrected chi connectivity index (χ3v) is 7.61. The molecule has 0 radical (unpaired) electrons. The first-order valence-corrected chi connectivity index (χ1v) is 11.3. The topological polar surface area (TPSA) is 86.5 Å². The largest absolute Gasteiger partial charge is 0.454 e. The Labute approximate surface area is 172 Å². The molecule has 1 N–H and O–H groups in total. The Morgan fingerprint density at radius 2 is 1.79 bits per heavy atom. The number of hydrogen-bond donors (Lipinski definition) is 1. The van der Waals surface area contributed by atoms with E-state index in [9.17, 15) is 4.79 Å². The monoisotopic (exact) mass is 413 g/mol. The molecule has 4 saturated carbocycles. The van der Waals surface area contributed by atoms with Crippen molar-refractivity contribution in [2.24, 2.45) is 17.8 Å². The fourth-order valence-corrected chi connectivity index (χ4v) is 6.70. The maximum Gasteiger partial charge on any atom is 0.277 e. The fraction of sp³-hybridized carbons (Fsp3) is 0.571. The zero-order chi connectivity index (χ0) is 19.4. The third-order valence-electron chi connectivity index (χ3n) is 6.80. The Bertz CT molecular complexity index is 924. The first-order valence-electron chi connectivity index (χ1n) is 10.3. The van der Waals surface area contributed by atoms with Crippen molar-refractivity contribution < 1.29 is 18.7 Å². The lowest BCUT2D eigenvalue weighted by atomic mass is 9.53. The predicted octanol–water partition coefficient (Wildman–Crippen LogP) is 3.64. The van der Waals surface area contributed by atoms with E-state index in [-0.39, 0.29) is 18.2 Å². The zero-order valence-electron chi connectivity index (χ0n) is 16.1. The Morgan fingerprint density at radius 1 is 1.07 bits per heavy atom. The first kappa shape index (κ1) is 17.6. The molecule has 0 unspecified atom stereocenters. The van der Waals surface area contributed by atoms with Gasteiger partial charge in [-0.05, 0) is 74.5 Å². The number of amides is 1. The zero-order valence-corrected chi connectivity index (χ0v) is 16.9. The van der Waals surface area contributed by atoms with Crippen LogP contribution in [0, 0.1) is 17.8 Å². The molecule has 7 nitrogen and oxygen atoms in total. The Kier molecular flexibility index (Phi) is 4.04. The van der Waals surface area contributed by atoms with Crippen LogP contribution in [0.25, 0.3) is 11.5 Å². The average molecular weight is 413 g/mol. The number of rotatable bonds is 5. The van der Waals surface area contributed by atoms with E-state index in [2.05, 4.69) is 15.5 Å². The number of aromatic nitrogens is 2. The predicted molar refractivity (Wildman–Crippen MR) is 106 cm³/mol. The van der Waals surface area contributed by atoms with Crippen molar-refractivity contribution in [2.75, 3.05) is 12.5 Å². The van der Waals surface area contributed by atoms with Crippen molar-refractivity contribution in [3.05, 3.63) is 18.2 Å². The molecular weight excluding hydrogens is 390 g/mol. The van der Waals surface area contributed by atoms with Gasteiger partial charge in [-0.15, -0.1) is 10.2 Å². The van der Waals surface area contributed by atoms with Gasteiger partial charge in [-0.1, -0.05) is 11.8 Å². The molecule has 7 rings (SSSR count). The Balaban J connectivity index is 1.08. The van der Waals surface area contributed by atoms with Crippen molar-refractivity contribution >= 4 is 17.7 Å². The van der Waals surface area contributed by atoms with Crippen LogP contribution in [0.3, 0.4) is 0 Å². The van der Waals surface area contributed by atoms with E-state index < -0.39 is 0 Å². The van der Waals surface area contributed by atoms with Gasteiger partial charge in [0.15, 0.2) is 11.5 Å². The van der Waals surface area contributed by atoms with Crippen LogP contribution in [-0.4, -0.2) is 34.2 Å². The molecule has 2 aromatic rings. The number of carbonyl (C=O) groups is 1. The quantitative estimate of drug-likeness (QED) is 0.749. The summed E-state index contributed by atoms with van der Waals surface area (Å²) in [6, 6.07) is 5.51. The number of carbonyl (C=O) groups excluding carboxylic acids is 1. The molecule has 4 aliphatic carbocycles. The standard InChI is InChI=1S/C21H23N3O4S/c25-18(22-21-7-12-3-13(8-21)5-14(4-12)9-21)10-29-20-24-23-19(28-20)15-1-2-16-17(6-15)27-11-26-16/h1-2,6,12-14H,3-5,7-11H2,(H,22,25). The Morgan fingerprint density at radius 3 is 2.55 bits per heavy atom. The van der Waals surface area contributed by atoms with Crippen molar-refractivity contribution in [3.8, 4) is 23.0 Å². The average Bonchev–Trinajstić information content (AvgIpc) is 3.33. The number of nitrogens with one attached hydrogen (secondary N) is 1. The number of hydrogen-bond acceptors (Lipinski definition) is 7. The van der Waals surface area contributed by atoms with E-state index in [1.807, 2.05) is 18.2 Å². The number of nitrogens with zero attached hydrogens (tertiary/aromatic N) is 2. The van der Waals surface area contributed by atoms with Gasteiger partial charge >= 0.3 is 0 Å². The van der Waals surface area contributed by atoms with Gasteiger partial charge in [-0.3, -0.25) is 4.79 Å². The van der Waals surface area contributed by atoms with Crippen LogP contribution in [0.5, 0.6) is 11.5 Å². The van der Waals surface area contributed by atoms with Gasteiger partial charge in [0.05, 0.1) is 5.75 Å². The summed E-state index contributed by atoms with van der Waals surface area (Å²) in [6.45, 7) is 0.225. The second-order valence-electron chi connectivity index (χ2n) is 8.98. The third kappa shape index (κ3) is 3.27. The van der Waals surface area contributed by atoms with Crippen LogP contribution in [0.2, 0.25) is 0 Å². The highest BCUT2D eigenvalue weighted by Crippen LogP contribution is 2.55. The lowest BCUT2D eigenvalue weighted by molar-refractivity contribution is -0.124. The number of fused-ring (bicyclic) bond motifs is 1. The molecule has 1 amide bonds. The summed E-state index contributed by atoms with van der Waals surface area (Å²) in [6.07, 6.45) is 7.58. The van der Waals surface area contributed by atoms with Gasteiger partial charge in [0.1, 0.15) is 0 Å². The molecule has 4 fully saturated rings. The van der Waals surface area contributed by atoms with E-state index in [1.165, 1.54) is 31.0 Å². The molecule has 2 heterocycles. The highest BCUT2D eigenvalue weighted by molar-refractivity contribution is 7.99. The van der Waals surface area contributed by atoms with Crippen LogP contribution in [0.1, 0.15) is 38.5 Å². The van der Waals surface area contributed by atoms with E-state index in [1.54, 1.807) is 0 Å². The maximum atomic E-state index is 12.7. The molecule has 0 saturated heterocycles. The van der Waals surface area contributed by atoms with Crippen molar-refractivity contribution in [2.45, 2.75) is 49.3 Å². The molecule has 8 heteroatoms. The van der Waals surface area contributed by atoms with Gasteiger partial charge in [-0.25, -0.2) is 0 Å². The van der Waals surface area contributed by atoms with E-state index >= 15 is 0 Å². The molecule has 4 bridgehead atoms. The van der Waals surface area contributed by atoms with E-state index in [4.69, 9.17) is 13.9 Å². The van der Waals surface area contributed by atoms with E-state index in [0.717, 1.165) is 42.6 Å². The van der Waals surface area contributed by atoms with Gasteiger partial charge < -0.3 is 19.2 Å². The molecule has 1 aromatic carbocycles.